The van der Waals surface area contributed by atoms with Crippen LogP contribution in [0.5, 0.6) is 5.75 Å². The molecule has 0 radical (unpaired) electrons. The molecule has 1 N–H and O–H groups in total. The Balaban J connectivity index is 2.51. The number of carbonyl (C=O) groups excluding carboxylic acids is 1. The maximum atomic E-state index is 12.0. The number of nitrogens with one attached hydrogen (secondary N) is 1. The number of halogens is 3. The number of ether oxygens (including phenoxy) is 1. The minimum absolute atomic E-state index is 0.00934. The SMILES string of the molecule is O=C(NCCCCI)c1cccc(OC(F)F)c1. The zero-order valence-corrected chi connectivity index (χ0v) is 11.8. The Morgan fingerprint density at radius 2 is 2.17 bits per heavy atom. The third-order valence-electron chi connectivity index (χ3n) is 2.17. The molecule has 1 rings (SSSR count). The Hall–Kier alpha value is -0.920. The van der Waals surface area contributed by atoms with E-state index in [-0.39, 0.29) is 11.7 Å². The Kier molecular flexibility index (Phi) is 6.92. The number of amides is 1. The molecule has 0 heterocycles. The van der Waals surface area contributed by atoms with Crippen LogP contribution in [0.4, 0.5) is 8.78 Å². The smallest absolute Gasteiger partial charge is 0.387 e. The first kappa shape index (κ1) is 15.1. The van der Waals surface area contributed by atoms with E-state index in [2.05, 4.69) is 32.6 Å². The number of alkyl halides is 3. The van der Waals surface area contributed by atoms with Crippen LogP contribution in [0.25, 0.3) is 0 Å². The molecule has 0 aromatic heterocycles. The average molecular weight is 369 g/mol. The van der Waals surface area contributed by atoms with Gasteiger partial charge in [0, 0.05) is 12.1 Å². The second-order valence-corrected chi connectivity index (χ2v) is 4.64. The average Bonchev–Trinajstić information content (AvgIpc) is 2.34. The van der Waals surface area contributed by atoms with Crippen molar-refractivity contribution >= 4 is 28.5 Å². The van der Waals surface area contributed by atoms with E-state index >= 15 is 0 Å². The van der Waals surface area contributed by atoms with Gasteiger partial charge in [-0.2, -0.15) is 8.78 Å². The highest BCUT2D eigenvalue weighted by Gasteiger charge is 2.08. The van der Waals surface area contributed by atoms with Gasteiger partial charge in [-0.15, -0.1) is 0 Å². The van der Waals surface area contributed by atoms with Gasteiger partial charge in [0.1, 0.15) is 5.75 Å². The lowest BCUT2D eigenvalue weighted by atomic mass is 10.2. The molecule has 3 nitrogen and oxygen atoms in total. The number of rotatable bonds is 7. The van der Waals surface area contributed by atoms with Crippen molar-refractivity contribution in [1.82, 2.24) is 5.32 Å². The predicted octanol–water partition coefficient (Wildman–Crippen LogP) is 3.23. The Labute approximate surface area is 118 Å². The summed E-state index contributed by atoms with van der Waals surface area (Å²) >= 11 is 2.27. The quantitative estimate of drug-likeness (QED) is 0.455. The van der Waals surface area contributed by atoms with Crippen molar-refractivity contribution in [2.45, 2.75) is 19.5 Å². The van der Waals surface area contributed by atoms with Gasteiger partial charge in [-0.25, -0.2) is 0 Å². The van der Waals surface area contributed by atoms with E-state index in [1.807, 2.05) is 0 Å². The Morgan fingerprint density at radius 1 is 1.39 bits per heavy atom. The summed E-state index contributed by atoms with van der Waals surface area (Å²) in [4.78, 5) is 11.7. The van der Waals surface area contributed by atoms with E-state index in [9.17, 15) is 13.6 Å². The van der Waals surface area contributed by atoms with Crippen molar-refractivity contribution in [3.63, 3.8) is 0 Å². The number of benzene rings is 1. The number of carbonyl (C=O) groups is 1. The first-order valence-electron chi connectivity index (χ1n) is 5.52. The minimum atomic E-state index is -2.88. The largest absolute Gasteiger partial charge is 0.435 e. The lowest BCUT2D eigenvalue weighted by Gasteiger charge is -2.07. The second kappa shape index (κ2) is 8.23. The van der Waals surface area contributed by atoms with Crippen LogP contribution in [0.15, 0.2) is 24.3 Å². The summed E-state index contributed by atoms with van der Waals surface area (Å²) in [6.07, 6.45) is 1.94. The van der Waals surface area contributed by atoms with Crippen molar-refractivity contribution < 1.29 is 18.3 Å². The van der Waals surface area contributed by atoms with E-state index in [4.69, 9.17) is 0 Å². The Bertz CT molecular complexity index is 388. The highest BCUT2D eigenvalue weighted by Crippen LogP contribution is 2.15. The summed E-state index contributed by atoms with van der Waals surface area (Å²) in [6.45, 7) is -2.30. The standard InChI is InChI=1S/C12H14F2INO2/c13-12(14)18-10-5-3-4-9(8-10)11(17)16-7-2-1-6-15/h3-5,8,12H,1-2,6-7H2,(H,16,17). The van der Waals surface area contributed by atoms with Crippen LogP contribution in [0.2, 0.25) is 0 Å². The summed E-state index contributed by atoms with van der Waals surface area (Å²) in [6, 6.07) is 5.77. The van der Waals surface area contributed by atoms with E-state index in [0.29, 0.717) is 12.1 Å². The first-order valence-corrected chi connectivity index (χ1v) is 7.05. The molecule has 0 saturated heterocycles. The fourth-order valence-corrected chi connectivity index (χ4v) is 1.88. The minimum Gasteiger partial charge on any atom is -0.435 e. The van der Waals surface area contributed by atoms with Gasteiger partial charge in [0.2, 0.25) is 0 Å². The Morgan fingerprint density at radius 3 is 2.83 bits per heavy atom. The summed E-state index contributed by atoms with van der Waals surface area (Å²) < 4.78 is 29.3. The topological polar surface area (TPSA) is 38.3 Å². The van der Waals surface area contributed by atoms with Crippen LogP contribution in [0, 0.1) is 0 Å². The third kappa shape index (κ3) is 5.61. The fourth-order valence-electron chi connectivity index (χ4n) is 1.34. The molecule has 0 atom stereocenters. The van der Waals surface area contributed by atoms with E-state index in [1.54, 1.807) is 6.07 Å². The number of hydrogen-bond donors (Lipinski definition) is 1. The molecule has 1 aromatic carbocycles. The summed E-state index contributed by atoms with van der Waals surface area (Å²) in [5, 5.41) is 2.73. The monoisotopic (exact) mass is 369 g/mol. The highest BCUT2D eigenvalue weighted by molar-refractivity contribution is 14.1. The number of hydrogen-bond acceptors (Lipinski definition) is 2. The van der Waals surface area contributed by atoms with Crippen LogP contribution < -0.4 is 10.1 Å². The van der Waals surface area contributed by atoms with E-state index in [0.717, 1.165) is 17.3 Å². The van der Waals surface area contributed by atoms with Gasteiger partial charge < -0.3 is 10.1 Å². The first-order chi connectivity index (χ1) is 8.63. The second-order valence-electron chi connectivity index (χ2n) is 3.56. The lowest BCUT2D eigenvalue weighted by Crippen LogP contribution is -2.24. The zero-order valence-electron chi connectivity index (χ0n) is 9.67. The number of unbranched alkanes of at least 4 members (excludes halogenated alkanes) is 1. The summed E-state index contributed by atoms with van der Waals surface area (Å²) in [5.41, 5.74) is 0.322. The highest BCUT2D eigenvalue weighted by atomic mass is 127. The van der Waals surface area contributed by atoms with E-state index < -0.39 is 6.61 Å². The van der Waals surface area contributed by atoms with Gasteiger partial charge >= 0.3 is 6.61 Å². The normalized spacial score (nSPS) is 10.4. The molecule has 6 heteroatoms. The van der Waals surface area contributed by atoms with Gasteiger partial charge in [0.05, 0.1) is 0 Å². The molecule has 0 spiro atoms. The van der Waals surface area contributed by atoms with Crippen molar-refractivity contribution in [2.24, 2.45) is 0 Å². The molecule has 0 unspecified atom stereocenters. The van der Waals surface area contributed by atoms with Crippen molar-refractivity contribution in [3.8, 4) is 5.75 Å². The molecule has 1 amide bonds. The third-order valence-corrected chi connectivity index (χ3v) is 2.93. The van der Waals surface area contributed by atoms with Crippen molar-refractivity contribution in [3.05, 3.63) is 29.8 Å². The molecular formula is C12H14F2INO2. The molecule has 100 valence electrons. The zero-order chi connectivity index (χ0) is 13.4. The molecule has 0 bridgehead atoms. The molecular weight excluding hydrogens is 355 g/mol. The van der Waals surface area contributed by atoms with E-state index in [1.165, 1.54) is 18.2 Å². The fraction of sp³-hybridized carbons (Fsp3) is 0.417. The molecule has 1 aromatic rings. The molecule has 0 aliphatic rings. The predicted molar refractivity (Wildman–Crippen MR) is 73.5 cm³/mol. The van der Waals surface area contributed by atoms with Crippen LogP contribution >= 0.6 is 22.6 Å². The summed E-state index contributed by atoms with van der Waals surface area (Å²) in [5.74, 6) is -0.284. The van der Waals surface area contributed by atoms with Gasteiger partial charge in [-0.3, -0.25) is 4.79 Å². The lowest BCUT2D eigenvalue weighted by molar-refractivity contribution is -0.0498. The molecule has 18 heavy (non-hydrogen) atoms. The molecule has 0 aliphatic heterocycles. The van der Waals surface area contributed by atoms with Crippen LogP contribution in [0.3, 0.4) is 0 Å². The van der Waals surface area contributed by atoms with Crippen LogP contribution in [-0.4, -0.2) is 23.5 Å². The van der Waals surface area contributed by atoms with Crippen LogP contribution in [-0.2, 0) is 0 Å². The van der Waals surface area contributed by atoms with Crippen LogP contribution in [0.1, 0.15) is 23.2 Å². The summed E-state index contributed by atoms with van der Waals surface area (Å²) in [7, 11) is 0. The van der Waals surface area contributed by atoms with Gasteiger partial charge in [-0.05, 0) is 35.5 Å². The van der Waals surface area contributed by atoms with Gasteiger partial charge in [-0.1, -0.05) is 28.7 Å². The van der Waals surface area contributed by atoms with Gasteiger partial charge in [0.25, 0.3) is 5.91 Å². The maximum Gasteiger partial charge on any atom is 0.387 e. The van der Waals surface area contributed by atoms with Gasteiger partial charge in [0.15, 0.2) is 0 Å². The molecule has 0 fully saturated rings. The molecule has 0 aliphatic carbocycles. The van der Waals surface area contributed by atoms with Crippen molar-refractivity contribution in [1.29, 1.82) is 0 Å². The molecule has 0 saturated carbocycles. The maximum absolute atomic E-state index is 12.0. The van der Waals surface area contributed by atoms with Crippen molar-refractivity contribution in [2.75, 3.05) is 11.0 Å².